The Labute approximate surface area is 128 Å². The van der Waals surface area contributed by atoms with Crippen LogP contribution in [0.5, 0.6) is 0 Å². The maximum Gasteiger partial charge on any atom is 0.340 e. The topological polar surface area (TPSA) is 81.4 Å². The average molecular weight is 324 g/mol. The number of halogens is 3. The Morgan fingerprint density at radius 3 is 2.43 bits per heavy atom. The van der Waals surface area contributed by atoms with E-state index < -0.39 is 35.9 Å². The third-order valence-corrected chi connectivity index (χ3v) is 2.77. The average Bonchev–Trinajstić information content (AvgIpc) is 2.48. The fourth-order valence-electron chi connectivity index (χ4n) is 1.70. The van der Waals surface area contributed by atoms with E-state index in [2.05, 4.69) is 5.32 Å². The Bertz CT molecular complexity index is 766. The number of anilines is 2. The first kappa shape index (κ1) is 16.3. The lowest BCUT2D eigenvalue weighted by molar-refractivity contribution is -0.119. The zero-order valence-electron chi connectivity index (χ0n) is 11.6. The zero-order valence-corrected chi connectivity index (χ0v) is 11.6. The highest BCUT2D eigenvalue weighted by Gasteiger charge is 2.14. The van der Waals surface area contributed by atoms with Crippen LogP contribution in [0.15, 0.2) is 36.4 Å². The summed E-state index contributed by atoms with van der Waals surface area (Å²) in [6.07, 6.45) is 0. The first-order valence-electron chi connectivity index (χ1n) is 6.34. The molecule has 0 heterocycles. The van der Waals surface area contributed by atoms with E-state index in [1.165, 1.54) is 0 Å². The van der Waals surface area contributed by atoms with Crippen LogP contribution in [0.4, 0.5) is 24.5 Å². The molecule has 2 aromatic rings. The molecule has 5 nitrogen and oxygen atoms in total. The second-order valence-electron chi connectivity index (χ2n) is 4.48. The summed E-state index contributed by atoms with van der Waals surface area (Å²) in [6, 6.07) is 5.87. The number of carbonyl (C=O) groups is 2. The van der Waals surface area contributed by atoms with E-state index in [0.29, 0.717) is 0 Å². The summed E-state index contributed by atoms with van der Waals surface area (Å²) >= 11 is 0. The van der Waals surface area contributed by atoms with Gasteiger partial charge in [-0.1, -0.05) is 0 Å². The summed E-state index contributed by atoms with van der Waals surface area (Å²) in [6.45, 7) is -0.672. The first-order chi connectivity index (χ1) is 10.9. The number of nitrogen functional groups attached to an aromatic ring is 1. The maximum absolute atomic E-state index is 13.0. The molecule has 0 spiro atoms. The third-order valence-electron chi connectivity index (χ3n) is 2.77. The monoisotopic (exact) mass is 324 g/mol. The van der Waals surface area contributed by atoms with Crippen molar-refractivity contribution in [1.29, 1.82) is 0 Å². The van der Waals surface area contributed by atoms with Gasteiger partial charge in [0, 0.05) is 17.4 Å². The molecule has 0 saturated heterocycles. The first-order valence-corrected chi connectivity index (χ1v) is 6.34. The van der Waals surface area contributed by atoms with Gasteiger partial charge in [0.1, 0.15) is 5.82 Å². The molecule has 0 bridgehead atoms. The number of nitrogens with one attached hydrogen (secondary N) is 1. The molecule has 0 atom stereocenters. The third kappa shape index (κ3) is 4.22. The van der Waals surface area contributed by atoms with Gasteiger partial charge in [-0.25, -0.2) is 18.0 Å². The SMILES string of the molecule is Nc1cc(F)ccc1C(=O)OCC(=O)Nc1ccc(F)c(F)c1. The van der Waals surface area contributed by atoms with Gasteiger partial charge < -0.3 is 15.8 Å². The molecule has 2 rings (SSSR count). The van der Waals surface area contributed by atoms with Crippen LogP contribution >= 0.6 is 0 Å². The lowest BCUT2D eigenvalue weighted by Crippen LogP contribution is -2.21. The van der Waals surface area contributed by atoms with Crippen LogP contribution in [0, 0.1) is 17.5 Å². The van der Waals surface area contributed by atoms with Crippen LogP contribution < -0.4 is 11.1 Å². The number of benzene rings is 2. The minimum Gasteiger partial charge on any atom is -0.452 e. The van der Waals surface area contributed by atoms with E-state index in [1.807, 2.05) is 0 Å². The number of hydrogen-bond donors (Lipinski definition) is 2. The van der Waals surface area contributed by atoms with E-state index in [1.54, 1.807) is 0 Å². The second-order valence-corrected chi connectivity index (χ2v) is 4.48. The molecule has 0 saturated carbocycles. The Balaban J connectivity index is 1.93. The van der Waals surface area contributed by atoms with Crippen LogP contribution in [-0.4, -0.2) is 18.5 Å². The fourth-order valence-corrected chi connectivity index (χ4v) is 1.70. The van der Waals surface area contributed by atoms with Crippen molar-refractivity contribution in [1.82, 2.24) is 0 Å². The van der Waals surface area contributed by atoms with Gasteiger partial charge in [0.05, 0.1) is 5.56 Å². The number of carbonyl (C=O) groups excluding carboxylic acids is 2. The highest BCUT2D eigenvalue weighted by molar-refractivity contribution is 5.98. The largest absolute Gasteiger partial charge is 0.452 e. The molecular weight excluding hydrogens is 313 g/mol. The van der Waals surface area contributed by atoms with E-state index >= 15 is 0 Å². The normalized spacial score (nSPS) is 10.2. The van der Waals surface area contributed by atoms with Crippen molar-refractivity contribution in [3.63, 3.8) is 0 Å². The summed E-state index contributed by atoms with van der Waals surface area (Å²) in [4.78, 5) is 23.3. The van der Waals surface area contributed by atoms with Crippen LogP contribution in [-0.2, 0) is 9.53 Å². The fraction of sp³-hybridized carbons (Fsp3) is 0.0667. The molecule has 0 fully saturated rings. The van der Waals surface area contributed by atoms with Crippen molar-refractivity contribution in [2.24, 2.45) is 0 Å². The molecule has 2 aromatic carbocycles. The van der Waals surface area contributed by atoms with Crippen LogP contribution in [0.2, 0.25) is 0 Å². The van der Waals surface area contributed by atoms with E-state index in [9.17, 15) is 22.8 Å². The summed E-state index contributed by atoms with van der Waals surface area (Å²) in [5, 5.41) is 2.23. The number of rotatable bonds is 4. The standard InChI is InChI=1S/C15H11F3N2O3/c16-8-1-3-10(13(19)5-8)15(22)23-7-14(21)20-9-2-4-11(17)12(18)6-9/h1-6H,7,19H2,(H,20,21). The number of hydrogen-bond acceptors (Lipinski definition) is 4. The number of nitrogens with two attached hydrogens (primary N) is 1. The highest BCUT2D eigenvalue weighted by atomic mass is 19.2. The van der Waals surface area contributed by atoms with Crippen LogP contribution in [0.1, 0.15) is 10.4 Å². The quantitative estimate of drug-likeness (QED) is 0.669. The Kier molecular flexibility index (Phi) is 4.85. The Morgan fingerprint density at radius 1 is 1.04 bits per heavy atom. The molecule has 23 heavy (non-hydrogen) atoms. The van der Waals surface area contributed by atoms with E-state index in [4.69, 9.17) is 10.5 Å². The van der Waals surface area contributed by atoms with Crippen LogP contribution in [0.3, 0.4) is 0 Å². The van der Waals surface area contributed by atoms with Crippen molar-refractivity contribution >= 4 is 23.3 Å². The summed E-state index contributed by atoms with van der Waals surface area (Å²) in [7, 11) is 0. The molecular formula is C15H11F3N2O3. The van der Waals surface area contributed by atoms with Crippen molar-refractivity contribution in [2.45, 2.75) is 0 Å². The molecule has 0 radical (unpaired) electrons. The summed E-state index contributed by atoms with van der Waals surface area (Å²) < 4.78 is 43.3. The van der Waals surface area contributed by atoms with Crippen LogP contribution in [0.25, 0.3) is 0 Å². The van der Waals surface area contributed by atoms with Crippen molar-refractivity contribution in [2.75, 3.05) is 17.7 Å². The van der Waals surface area contributed by atoms with Gasteiger partial charge >= 0.3 is 5.97 Å². The minimum absolute atomic E-state index is 0.00578. The lowest BCUT2D eigenvalue weighted by atomic mass is 10.2. The summed E-state index contributed by atoms with van der Waals surface area (Å²) in [5.41, 5.74) is 5.25. The lowest BCUT2D eigenvalue weighted by Gasteiger charge is -2.08. The molecule has 0 aromatic heterocycles. The molecule has 1 amide bonds. The van der Waals surface area contributed by atoms with Gasteiger partial charge in [0.2, 0.25) is 0 Å². The molecule has 0 aliphatic carbocycles. The van der Waals surface area contributed by atoms with Gasteiger partial charge in [0.25, 0.3) is 5.91 Å². The van der Waals surface area contributed by atoms with Crippen molar-refractivity contribution in [3.05, 3.63) is 59.4 Å². The highest BCUT2D eigenvalue weighted by Crippen LogP contribution is 2.15. The zero-order chi connectivity index (χ0) is 17.0. The van der Waals surface area contributed by atoms with Gasteiger partial charge in [-0.3, -0.25) is 4.79 Å². The van der Waals surface area contributed by atoms with Gasteiger partial charge in [-0.2, -0.15) is 0 Å². The smallest absolute Gasteiger partial charge is 0.340 e. The van der Waals surface area contributed by atoms with Crippen molar-refractivity contribution < 1.29 is 27.5 Å². The second kappa shape index (κ2) is 6.82. The number of ether oxygens (including phenoxy) is 1. The summed E-state index contributed by atoms with van der Waals surface area (Å²) in [5.74, 6) is -4.47. The van der Waals surface area contributed by atoms with E-state index in [-0.39, 0.29) is 16.9 Å². The molecule has 8 heteroatoms. The van der Waals surface area contributed by atoms with E-state index in [0.717, 1.165) is 36.4 Å². The number of esters is 1. The number of amides is 1. The van der Waals surface area contributed by atoms with Crippen molar-refractivity contribution in [3.8, 4) is 0 Å². The maximum atomic E-state index is 13.0. The molecule has 0 aliphatic heterocycles. The van der Waals surface area contributed by atoms with Gasteiger partial charge in [-0.05, 0) is 30.3 Å². The Morgan fingerprint density at radius 2 is 1.78 bits per heavy atom. The molecule has 120 valence electrons. The minimum atomic E-state index is -1.13. The predicted molar refractivity (Wildman–Crippen MR) is 76.1 cm³/mol. The molecule has 3 N–H and O–H groups in total. The molecule has 0 unspecified atom stereocenters. The van der Waals surface area contributed by atoms with Gasteiger partial charge in [0.15, 0.2) is 18.2 Å². The van der Waals surface area contributed by atoms with Gasteiger partial charge in [-0.15, -0.1) is 0 Å². The predicted octanol–water partition coefficient (Wildman–Crippen LogP) is 2.48. The Hall–Kier alpha value is -3.03. The molecule has 0 aliphatic rings.